The van der Waals surface area contributed by atoms with Gasteiger partial charge in [-0.2, -0.15) is 5.10 Å². The summed E-state index contributed by atoms with van der Waals surface area (Å²) in [5.74, 6) is -0.221. The van der Waals surface area contributed by atoms with Gasteiger partial charge >= 0.3 is 0 Å². The van der Waals surface area contributed by atoms with Crippen molar-refractivity contribution in [2.24, 2.45) is 5.73 Å². The first-order valence-corrected chi connectivity index (χ1v) is 5.27. The Morgan fingerprint density at radius 2 is 2.00 bits per heavy atom. The van der Waals surface area contributed by atoms with Crippen LogP contribution in [0.3, 0.4) is 0 Å². The van der Waals surface area contributed by atoms with Gasteiger partial charge < -0.3 is 11.1 Å². The van der Waals surface area contributed by atoms with Crippen LogP contribution in [0.25, 0.3) is 0 Å². The number of thiocarbonyl (C=S) groups is 1. The summed E-state index contributed by atoms with van der Waals surface area (Å²) in [5, 5.41) is 9.01. The SMILES string of the molecule is NC(=S)c1ccc(NC(=O)c2cn[nH]c2)cc1. The summed E-state index contributed by atoms with van der Waals surface area (Å²) < 4.78 is 0. The standard InChI is InChI=1S/C11H10N4OS/c12-10(17)7-1-3-9(4-2-7)15-11(16)8-5-13-14-6-8/h1-6H,(H2,12,17)(H,13,14)(H,15,16). The lowest BCUT2D eigenvalue weighted by Gasteiger charge is -2.04. The minimum Gasteiger partial charge on any atom is -0.389 e. The molecule has 5 nitrogen and oxygen atoms in total. The van der Waals surface area contributed by atoms with Crippen molar-refractivity contribution in [3.05, 3.63) is 47.8 Å². The van der Waals surface area contributed by atoms with Crippen molar-refractivity contribution in [2.45, 2.75) is 0 Å². The summed E-state index contributed by atoms with van der Waals surface area (Å²) in [5.41, 5.74) is 7.39. The van der Waals surface area contributed by atoms with Crippen molar-refractivity contribution in [3.8, 4) is 0 Å². The highest BCUT2D eigenvalue weighted by Gasteiger charge is 2.06. The normalized spacial score (nSPS) is 9.88. The number of aromatic nitrogens is 2. The average Bonchev–Trinajstić information content (AvgIpc) is 2.83. The smallest absolute Gasteiger partial charge is 0.258 e. The maximum atomic E-state index is 11.7. The zero-order valence-electron chi connectivity index (χ0n) is 8.81. The second-order valence-corrected chi connectivity index (χ2v) is 3.82. The summed E-state index contributed by atoms with van der Waals surface area (Å²) >= 11 is 4.84. The predicted molar refractivity (Wildman–Crippen MR) is 68.9 cm³/mol. The molecule has 1 heterocycles. The van der Waals surface area contributed by atoms with Crippen molar-refractivity contribution in [1.29, 1.82) is 0 Å². The molecular weight excluding hydrogens is 236 g/mol. The van der Waals surface area contributed by atoms with E-state index in [-0.39, 0.29) is 5.91 Å². The van der Waals surface area contributed by atoms with E-state index in [9.17, 15) is 4.79 Å². The van der Waals surface area contributed by atoms with E-state index in [1.165, 1.54) is 12.4 Å². The van der Waals surface area contributed by atoms with Crippen LogP contribution >= 0.6 is 12.2 Å². The third kappa shape index (κ3) is 2.67. The number of nitrogens with one attached hydrogen (secondary N) is 2. The van der Waals surface area contributed by atoms with E-state index in [2.05, 4.69) is 15.5 Å². The lowest BCUT2D eigenvalue weighted by Crippen LogP contribution is -2.12. The number of nitrogens with zero attached hydrogens (tertiary/aromatic N) is 1. The molecule has 0 atom stereocenters. The molecule has 0 saturated heterocycles. The Balaban J connectivity index is 2.09. The van der Waals surface area contributed by atoms with Crippen molar-refractivity contribution in [1.82, 2.24) is 10.2 Å². The lowest BCUT2D eigenvalue weighted by molar-refractivity contribution is 0.102. The largest absolute Gasteiger partial charge is 0.389 e. The van der Waals surface area contributed by atoms with Gasteiger partial charge in [-0.1, -0.05) is 12.2 Å². The van der Waals surface area contributed by atoms with Crippen LogP contribution in [0.2, 0.25) is 0 Å². The zero-order valence-corrected chi connectivity index (χ0v) is 9.62. The highest BCUT2D eigenvalue weighted by molar-refractivity contribution is 7.80. The first-order valence-electron chi connectivity index (χ1n) is 4.87. The van der Waals surface area contributed by atoms with Crippen molar-refractivity contribution < 1.29 is 4.79 Å². The summed E-state index contributed by atoms with van der Waals surface area (Å²) in [7, 11) is 0. The van der Waals surface area contributed by atoms with Gasteiger partial charge in [0.05, 0.1) is 11.8 Å². The van der Waals surface area contributed by atoms with E-state index < -0.39 is 0 Å². The fourth-order valence-electron chi connectivity index (χ4n) is 1.30. The molecule has 0 spiro atoms. The molecule has 0 aliphatic heterocycles. The molecule has 1 aromatic heterocycles. The number of H-pyrrole nitrogens is 1. The number of nitrogens with two attached hydrogens (primary N) is 1. The number of anilines is 1. The van der Waals surface area contributed by atoms with Gasteiger partial charge in [0, 0.05) is 17.4 Å². The average molecular weight is 246 g/mol. The molecule has 0 saturated carbocycles. The molecule has 0 unspecified atom stereocenters. The summed E-state index contributed by atoms with van der Waals surface area (Å²) in [4.78, 5) is 12.0. The van der Waals surface area contributed by atoms with E-state index in [1.807, 2.05) is 0 Å². The molecule has 0 fully saturated rings. The van der Waals surface area contributed by atoms with E-state index in [1.54, 1.807) is 24.3 Å². The van der Waals surface area contributed by atoms with Crippen LogP contribution in [-0.2, 0) is 0 Å². The molecule has 6 heteroatoms. The van der Waals surface area contributed by atoms with Crippen LogP contribution in [-0.4, -0.2) is 21.1 Å². The number of carbonyl (C=O) groups excluding carboxylic acids is 1. The molecule has 1 aromatic carbocycles. The minimum absolute atomic E-state index is 0.221. The number of hydrogen-bond acceptors (Lipinski definition) is 3. The first-order chi connectivity index (χ1) is 8.16. The second-order valence-electron chi connectivity index (χ2n) is 3.38. The van der Waals surface area contributed by atoms with Gasteiger partial charge in [0.15, 0.2) is 0 Å². The summed E-state index contributed by atoms with van der Waals surface area (Å²) in [6.07, 6.45) is 2.98. The van der Waals surface area contributed by atoms with Gasteiger partial charge in [-0.05, 0) is 24.3 Å². The maximum Gasteiger partial charge on any atom is 0.258 e. The number of aromatic amines is 1. The molecule has 0 bridgehead atoms. The molecule has 4 N–H and O–H groups in total. The van der Waals surface area contributed by atoms with Crippen LogP contribution in [0.4, 0.5) is 5.69 Å². The molecule has 0 aliphatic carbocycles. The van der Waals surface area contributed by atoms with E-state index in [4.69, 9.17) is 18.0 Å². The molecule has 2 aromatic rings. The highest BCUT2D eigenvalue weighted by atomic mass is 32.1. The number of hydrogen-bond donors (Lipinski definition) is 3. The van der Waals surface area contributed by atoms with Crippen LogP contribution in [0.5, 0.6) is 0 Å². The topological polar surface area (TPSA) is 83.8 Å². The Bertz CT molecular complexity index is 533. The number of rotatable bonds is 3. The second kappa shape index (κ2) is 4.75. The van der Waals surface area contributed by atoms with Gasteiger partial charge in [-0.25, -0.2) is 0 Å². The van der Waals surface area contributed by atoms with Gasteiger partial charge in [0.2, 0.25) is 0 Å². The zero-order chi connectivity index (χ0) is 12.3. The molecule has 1 amide bonds. The Hall–Kier alpha value is -2.21. The third-order valence-corrected chi connectivity index (χ3v) is 2.42. The Morgan fingerprint density at radius 1 is 1.29 bits per heavy atom. The van der Waals surface area contributed by atoms with Crippen LogP contribution in [0, 0.1) is 0 Å². The van der Waals surface area contributed by atoms with E-state index >= 15 is 0 Å². The minimum atomic E-state index is -0.221. The number of amides is 1. The fourth-order valence-corrected chi connectivity index (χ4v) is 1.43. The van der Waals surface area contributed by atoms with E-state index in [0.717, 1.165) is 5.56 Å². The van der Waals surface area contributed by atoms with Crippen molar-refractivity contribution in [3.63, 3.8) is 0 Å². The van der Waals surface area contributed by atoms with E-state index in [0.29, 0.717) is 16.2 Å². The Kier molecular flexibility index (Phi) is 3.15. The number of carbonyl (C=O) groups is 1. The van der Waals surface area contributed by atoms with Gasteiger partial charge in [0.1, 0.15) is 4.99 Å². The van der Waals surface area contributed by atoms with Crippen molar-refractivity contribution >= 4 is 28.8 Å². The third-order valence-electron chi connectivity index (χ3n) is 2.19. The monoisotopic (exact) mass is 246 g/mol. The molecule has 0 aliphatic rings. The summed E-state index contributed by atoms with van der Waals surface area (Å²) in [6, 6.07) is 7.00. The van der Waals surface area contributed by atoms with Gasteiger partial charge in [-0.15, -0.1) is 0 Å². The van der Waals surface area contributed by atoms with Gasteiger partial charge in [-0.3, -0.25) is 9.89 Å². The fraction of sp³-hybridized carbons (Fsp3) is 0. The molecular formula is C11H10N4OS. The molecule has 2 rings (SSSR count). The number of benzene rings is 1. The Morgan fingerprint density at radius 3 is 2.53 bits per heavy atom. The van der Waals surface area contributed by atoms with Crippen molar-refractivity contribution in [2.75, 3.05) is 5.32 Å². The highest BCUT2D eigenvalue weighted by Crippen LogP contribution is 2.10. The summed E-state index contributed by atoms with van der Waals surface area (Å²) in [6.45, 7) is 0. The quantitative estimate of drug-likeness (QED) is 0.713. The maximum absolute atomic E-state index is 11.7. The van der Waals surface area contributed by atoms with Crippen LogP contribution in [0.1, 0.15) is 15.9 Å². The predicted octanol–water partition coefficient (Wildman–Crippen LogP) is 1.30. The first kappa shape index (κ1) is 11.3. The van der Waals surface area contributed by atoms with Gasteiger partial charge in [0.25, 0.3) is 5.91 Å². The lowest BCUT2D eigenvalue weighted by atomic mass is 10.2. The molecule has 17 heavy (non-hydrogen) atoms. The van der Waals surface area contributed by atoms with Crippen LogP contribution < -0.4 is 11.1 Å². The van der Waals surface area contributed by atoms with Crippen LogP contribution in [0.15, 0.2) is 36.7 Å². The molecule has 0 radical (unpaired) electrons. The molecule has 86 valence electrons. The Labute approximate surface area is 103 Å².